The predicted octanol–water partition coefficient (Wildman–Crippen LogP) is 3.82. The van der Waals surface area contributed by atoms with Crippen molar-refractivity contribution in [2.24, 2.45) is 11.8 Å². The molecule has 2 aromatic rings. The lowest BCUT2D eigenvalue weighted by molar-refractivity contribution is -0.117. The second-order valence-corrected chi connectivity index (χ2v) is 6.79. The van der Waals surface area contributed by atoms with Gasteiger partial charge in [0.05, 0.1) is 6.04 Å². The SMILES string of the molecule is CC(=O)CC(C)Cc1cnc2n1C(c1ccccc1)C(C)C2. The van der Waals surface area contributed by atoms with Gasteiger partial charge in [-0.3, -0.25) is 0 Å². The van der Waals surface area contributed by atoms with Gasteiger partial charge in [-0.1, -0.05) is 44.2 Å². The van der Waals surface area contributed by atoms with E-state index in [1.807, 2.05) is 6.20 Å². The van der Waals surface area contributed by atoms with Crippen LogP contribution >= 0.6 is 0 Å². The Balaban J connectivity index is 1.90. The number of Topliss-reactive ketones (excluding diaryl/α,β-unsaturated/α-hetero) is 1. The summed E-state index contributed by atoms with van der Waals surface area (Å²) >= 11 is 0. The summed E-state index contributed by atoms with van der Waals surface area (Å²) in [4.78, 5) is 16.0. The van der Waals surface area contributed by atoms with Gasteiger partial charge in [-0.15, -0.1) is 0 Å². The molecule has 0 saturated carbocycles. The summed E-state index contributed by atoms with van der Waals surface area (Å²) in [6.45, 7) is 6.12. The zero-order chi connectivity index (χ0) is 15.7. The number of fused-ring (bicyclic) bond motifs is 1. The monoisotopic (exact) mass is 296 g/mol. The molecule has 0 saturated heterocycles. The number of carbonyl (C=O) groups is 1. The summed E-state index contributed by atoms with van der Waals surface area (Å²) < 4.78 is 2.41. The summed E-state index contributed by atoms with van der Waals surface area (Å²) in [7, 11) is 0. The zero-order valence-electron chi connectivity index (χ0n) is 13.6. The first-order valence-corrected chi connectivity index (χ1v) is 8.15. The Labute approximate surface area is 132 Å². The van der Waals surface area contributed by atoms with Crippen LogP contribution in [0.4, 0.5) is 0 Å². The van der Waals surface area contributed by atoms with Crippen molar-refractivity contribution in [3.63, 3.8) is 0 Å². The van der Waals surface area contributed by atoms with Crippen molar-refractivity contribution in [1.29, 1.82) is 0 Å². The van der Waals surface area contributed by atoms with Gasteiger partial charge in [-0.25, -0.2) is 4.98 Å². The molecule has 1 aromatic carbocycles. The van der Waals surface area contributed by atoms with Crippen molar-refractivity contribution in [2.75, 3.05) is 0 Å². The molecule has 3 nitrogen and oxygen atoms in total. The molecule has 0 radical (unpaired) electrons. The van der Waals surface area contributed by atoms with E-state index in [4.69, 9.17) is 0 Å². The van der Waals surface area contributed by atoms with Gasteiger partial charge in [-0.2, -0.15) is 0 Å². The number of aromatic nitrogens is 2. The Morgan fingerprint density at radius 2 is 2.09 bits per heavy atom. The van der Waals surface area contributed by atoms with Crippen LogP contribution in [0.3, 0.4) is 0 Å². The second-order valence-electron chi connectivity index (χ2n) is 6.79. The number of hydrogen-bond acceptors (Lipinski definition) is 2. The average molecular weight is 296 g/mol. The molecule has 116 valence electrons. The first-order valence-electron chi connectivity index (χ1n) is 8.15. The Kier molecular flexibility index (Phi) is 4.14. The van der Waals surface area contributed by atoms with Crippen LogP contribution in [-0.4, -0.2) is 15.3 Å². The Morgan fingerprint density at radius 3 is 2.77 bits per heavy atom. The van der Waals surface area contributed by atoms with Crippen molar-refractivity contribution in [3.05, 3.63) is 53.6 Å². The third-order valence-corrected chi connectivity index (χ3v) is 4.61. The molecular weight excluding hydrogens is 272 g/mol. The summed E-state index contributed by atoms with van der Waals surface area (Å²) in [5.41, 5.74) is 2.62. The van der Waals surface area contributed by atoms with Gasteiger partial charge in [0, 0.05) is 24.7 Å². The molecule has 3 unspecified atom stereocenters. The molecule has 1 aliphatic heterocycles. The number of benzene rings is 1. The normalized spacial score (nSPS) is 21.6. The second kappa shape index (κ2) is 6.07. The molecule has 22 heavy (non-hydrogen) atoms. The maximum Gasteiger partial charge on any atom is 0.130 e. The number of carbonyl (C=O) groups excluding carboxylic acids is 1. The van der Waals surface area contributed by atoms with E-state index in [-0.39, 0.29) is 5.78 Å². The topological polar surface area (TPSA) is 34.9 Å². The molecule has 1 aliphatic rings. The van der Waals surface area contributed by atoms with Gasteiger partial charge < -0.3 is 9.36 Å². The molecule has 0 aliphatic carbocycles. The smallest absolute Gasteiger partial charge is 0.130 e. The van der Waals surface area contributed by atoms with E-state index in [0.29, 0.717) is 24.3 Å². The molecule has 3 rings (SSSR count). The van der Waals surface area contributed by atoms with Gasteiger partial charge in [0.15, 0.2) is 0 Å². The summed E-state index contributed by atoms with van der Waals surface area (Å²) in [5, 5.41) is 0. The average Bonchev–Trinajstić information content (AvgIpc) is 2.98. The minimum absolute atomic E-state index is 0.265. The summed E-state index contributed by atoms with van der Waals surface area (Å²) in [5.74, 6) is 2.38. The van der Waals surface area contributed by atoms with Crippen molar-refractivity contribution in [2.45, 2.75) is 46.1 Å². The highest BCUT2D eigenvalue weighted by molar-refractivity contribution is 5.75. The minimum Gasteiger partial charge on any atom is -0.324 e. The fraction of sp³-hybridized carbons (Fsp3) is 0.474. The van der Waals surface area contributed by atoms with Gasteiger partial charge in [0.25, 0.3) is 0 Å². The van der Waals surface area contributed by atoms with E-state index in [1.54, 1.807) is 6.92 Å². The van der Waals surface area contributed by atoms with Crippen LogP contribution in [0.15, 0.2) is 36.5 Å². The molecule has 0 spiro atoms. The lowest BCUT2D eigenvalue weighted by atomic mass is 9.94. The highest BCUT2D eigenvalue weighted by Crippen LogP contribution is 2.37. The Bertz CT molecular complexity index is 659. The Hall–Kier alpha value is -1.90. The number of imidazole rings is 1. The van der Waals surface area contributed by atoms with Crippen LogP contribution in [0.25, 0.3) is 0 Å². The molecule has 0 bridgehead atoms. The number of hydrogen-bond donors (Lipinski definition) is 0. The largest absolute Gasteiger partial charge is 0.324 e. The Morgan fingerprint density at radius 1 is 1.36 bits per heavy atom. The molecule has 0 N–H and O–H groups in total. The fourth-order valence-electron chi connectivity index (χ4n) is 3.78. The van der Waals surface area contributed by atoms with Crippen LogP contribution in [0.5, 0.6) is 0 Å². The summed E-state index contributed by atoms with van der Waals surface area (Å²) in [6.07, 6.45) is 4.60. The standard InChI is InChI=1S/C19H24N2O/c1-13(9-15(3)22)10-17-12-20-18-11-14(2)19(21(17)18)16-7-5-4-6-8-16/h4-8,12-14,19H,9-11H2,1-3H3. The van der Waals surface area contributed by atoms with Crippen LogP contribution in [-0.2, 0) is 17.6 Å². The maximum atomic E-state index is 11.3. The molecule has 2 heterocycles. The maximum absolute atomic E-state index is 11.3. The minimum atomic E-state index is 0.265. The number of ketones is 1. The lowest BCUT2D eigenvalue weighted by Crippen LogP contribution is -2.16. The first-order chi connectivity index (χ1) is 10.6. The van der Waals surface area contributed by atoms with Crippen LogP contribution < -0.4 is 0 Å². The third-order valence-electron chi connectivity index (χ3n) is 4.61. The number of nitrogens with zero attached hydrogens (tertiary/aromatic N) is 2. The van der Waals surface area contributed by atoms with Crippen LogP contribution in [0.1, 0.15) is 50.3 Å². The summed E-state index contributed by atoms with van der Waals surface area (Å²) in [6, 6.07) is 11.1. The molecule has 1 aromatic heterocycles. The van der Waals surface area contributed by atoms with Crippen molar-refractivity contribution in [3.8, 4) is 0 Å². The van der Waals surface area contributed by atoms with Crippen LogP contribution in [0, 0.1) is 11.8 Å². The van der Waals surface area contributed by atoms with E-state index in [1.165, 1.54) is 17.1 Å². The van der Waals surface area contributed by atoms with Gasteiger partial charge >= 0.3 is 0 Å². The molecular formula is C19H24N2O. The van der Waals surface area contributed by atoms with E-state index in [0.717, 1.165) is 12.8 Å². The molecule has 3 heteroatoms. The van der Waals surface area contributed by atoms with Gasteiger partial charge in [0.1, 0.15) is 11.6 Å². The van der Waals surface area contributed by atoms with E-state index >= 15 is 0 Å². The molecule has 0 fully saturated rings. The highest BCUT2D eigenvalue weighted by atomic mass is 16.1. The zero-order valence-corrected chi connectivity index (χ0v) is 13.6. The first kappa shape index (κ1) is 15.0. The van der Waals surface area contributed by atoms with Gasteiger partial charge in [0.2, 0.25) is 0 Å². The predicted molar refractivity (Wildman–Crippen MR) is 87.8 cm³/mol. The van der Waals surface area contributed by atoms with Crippen molar-refractivity contribution >= 4 is 5.78 Å². The fourth-order valence-corrected chi connectivity index (χ4v) is 3.78. The van der Waals surface area contributed by atoms with E-state index < -0.39 is 0 Å². The van der Waals surface area contributed by atoms with Crippen molar-refractivity contribution in [1.82, 2.24) is 9.55 Å². The third kappa shape index (κ3) is 2.85. The molecule has 3 atom stereocenters. The lowest BCUT2D eigenvalue weighted by Gasteiger charge is -2.22. The number of rotatable bonds is 5. The van der Waals surface area contributed by atoms with Crippen molar-refractivity contribution < 1.29 is 4.79 Å². The van der Waals surface area contributed by atoms with Crippen LogP contribution in [0.2, 0.25) is 0 Å². The van der Waals surface area contributed by atoms with E-state index in [2.05, 4.69) is 53.7 Å². The quantitative estimate of drug-likeness (QED) is 0.840. The van der Waals surface area contributed by atoms with E-state index in [9.17, 15) is 4.79 Å². The van der Waals surface area contributed by atoms with Gasteiger partial charge in [-0.05, 0) is 30.7 Å². The molecule has 0 amide bonds. The highest BCUT2D eigenvalue weighted by Gasteiger charge is 2.33.